The smallest absolute Gasteiger partial charge is 0.266 e. The highest BCUT2D eigenvalue weighted by atomic mass is 16.1. The van der Waals surface area contributed by atoms with Gasteiger partial charge in [0.15, 0.2) is 5.65 Å². The van der Waals surface area contributed by atoms with Crippen molar-refractivity contribution < 1.29 is 0 Å². The summed E-state index contributed by atoms with van der Waals surface area (Å²) in [7, 11) is 1.72. The van der Waals surface area contributed by atoms with E-state index in [1.807, 2.05) is 17.0 Å². The van der Waals surface area contributed by atoms with Crippen molar-refractivity contribution in [3.63, 3.8) is 0 Å². The lowest BCUT2D eigenvalue weighted by atomic mass is 10.0. The standard InChI is InChI=1S/C21H19N7O2/c1-26-20(30)16-3-2-8-23-19(16)24-21(26)27-11-14(12-27)13-28-18(29)5-4-17(25-28)15-6-9-22-10-7-15/h2-10,14H,11-13H2,1H3. The summed E-state index contributed by atoms with van der Waals surface area (Å²) in [4.78, 5) is 39.7. The van der Waals surface area contributed by atoms with Gasteiger partial charge in [-0.2, -0.15) is 10.1 Å². The van der Waals surface area contributed by atoms with E-state index in [0.717, 1.165) is 11.3 Å². The molecule has 5 heterocycles. The average Bonchev–Trinajstić information content (AvgIpc) is 2.75. The van der Waals surface area contributed by atoms with Crippen molar-refractivity contribution in [1.29, 1.82) is 0 Å². The summed E-state index contributed by atoms with van der Waals surface area (Å²) in [6.07, 6.45) is 5.03. The van der Waals surface area contributed by atoms with Crippen molar-refractivity contribution >= 4 is 17.0 Å². The van der Waals surface area contributed by atoms with Crippen molar-refractivity contribution in [3.8, 4) is 11.3 Å². The summed E-state index contributed by atoms with van der Waals surface area (Å²) in [6.45, 7) is 1.88. The third kappa shape index (κ3) is 3.14. The van der Waals surface area contributed by atoms with Crippen LogP contribution in [0.15, 0.2) is 64.6 Å². The molecule has 5 rings (SSSR count). The van der Waals surface area contributed by atoms with Crippen molar-refractivity contribution in [3.05, 3.63) is 75.7 Å². The normalized spacial score (nSPS) is 14.1. The molecule has 4 aromatic rings. The quantitative estimate of drug-likeness (QED) is 0.505. The van der Waals surface area contributed by atoms with Gasteiger partial charge in [-0.05, 0) is 30.3 Å². The van der Waals surface area contributed by atoms with Crippen molar-refractivity contribution in [1.82, 2.24) is 29.3 Å². The van der Waals surface area contributed by atoms with E-state index < -0.39 is 0 Å². The molecule has 0 amide bonds. The predicted octanol–water partition coefficient (Wildman–Crippen LogP) is 1.08. The zero-order valence-electron chi connectivity index (χ0n) is 16.3. The van der Waals surface area contributed by atoms with Crippen LogP contribution in [-0.4, -0.2) is 42.4 Å². The lowest BCUT2D eigenvalue weighted by Crippen LogP contribution is -2.51. The second kappa shape index (κ2) is 7.18. The van der Waals surface area contributed by atoms with Crippen molar-refractivity contribution in [2.45, 2.75) is 6.54 Å². The molecule has 0 bridgehead atoms. The highest BCUT2D eigenvalue weighted by molar-refractivity contribution is 5.74. The summed E-state index contributed by atoms with van der Waals surface area (Å²) in [5.74, 6) is 0.826. The van der Waals surface area contributed by atoms with E-state index in [0.29, 0.717) is 36.6 Å². The number of anilines is 1. The van der Waals surface area contributed by atoms with E-state index in [4.69, 9.17) is 0 Å². The summed E-state index contributed by atoms with van der Waals surface area (Å²) in [6, 6.07) is 10.5. The van der Waals surface area contributed by atoms with E-state index in [2.05, 4.69) is 20.1 Å². The Balaban J connectivity index is 1.35. The van der Waals surface area contributed by atoms with Gasteiger partial charge in [-0.1, -0.05) is 0 Å². The molecule has 150 valence electrons. The second-order valence-corrected chi connectivity index (χ2v) is 7.40. The van der Waals surface area contributed by atoms with Crippen LogP contribution >= 0.6 is 0 Å². The van der Waals surface area contributed by atoms with Gasteiger partial charge in [-0.25, -0.2) is 9.67 Å². The van der Waals surface area contributed by atoms with Crippen LogP contribution < -0.4 is 16.0 Å². The van der Waals surface area contributed by atoms with Gasteiger partial charge in [-0.3, -0.25) is 19.1 Å². The molecule has 4 aromatic heterocycles. The largest absolute Gasteiger partial charge is 0.341 e. The Bertz CT molecular complexity index is 1340. The van der Waals surface area contributed by atoms with E-state index in [9.17, 15) is 9.59 Å². The number of hydrogen-bond acceptors (Lipinski definition) is 7. The first-order valence-electron chi connectivity index (χ1n) is 9.65. The Morgan fingerprint density at radius 1 is 1.03 bits per heavy atom. The summed E-state index contributed by atoms with van der Waals surface area (Å²) < 4.78 is 3.06. The lowest BCUT2D eigenvalue weighted by Gasteiger charge is -2.40. The fraction of sp³-hybridized carbons (Fsp3) is 0.238. The number of aromatic nitrogens is 6. The Morgan fingerprint density at radius 2 is 1.83 bits per heavy atom. The van der Waals surface area contributed by atoms with Crippen LogP contribution in [0.5, 0.6) is 0 Å². The van der Waals surface area contributed by atoms with Gasteiger partial charge in [0, 0.05) is 56.3 Å². The minimum atomic E-state index is -0.133. The molecule has 0 aromatic carbocycles. The molecule has 0 unspecified atom stereocenters. The van der Waals surface area contributed by atoms with Crippen molar-refractivity contribution in [2.24, 2.45) is 13.0 Å². The SMILES string of the molecule is Cn1c(N2CC(Cn3nc(-c4ccncc4)ccc3=O)C2)nc2ncccc2c1=O. The second-order valence-electron chi connectivity index (χ2n) is 7.40. The van der Waals surface area contributed by atoms with E-state index in [-0.39, 0.29) is 17.0 Å². The Morgan fingerprint density at radius 3 is 2.63 bits per heavy atom. The third-order valence-electron chi connectivity index (χ3n) is 5.34. The minimum absolute atomic E-state index is 0.116. The minimum Gasteiger partial charge on any atom is -0.341 e. The molecule has 30 heavy (non-hydrogen) atoms. The van der Waals surface area contributed by atoms with E-state index in [1.165, 1.54) is 4.68 Å². The number of hydrogen-bond donors (Lipinski definition) is 0. The van der Waals surface area contributed by atoms with Gasteiger partial charge in [0.25, 0.3) is 11.1 Å². The predicted molar refractivity (Wildman–Crippen MR) is 112 cm³/mol. The first-order chi connectivity index (χ1) is 14.6. The molecule has 1 aliphatic rings. The van der Waals surface area contributed by atoms with Gasteiger partial charge in [0.05, 0.1) is 17.6 Å². The van der Waals surface area contributed by atoms with E-state index >= 15 is 0 Å². The Labute approximate surface area is 171 Å². The summed E-state index contributed by atoms with van der Waals surface area (Å²) in [5, 5.41) is 5.02. The first kappa shape index (κ1) is 18.2. The van der Waals surface area contributed by atoms with Gasteiger partial charge in [0.2, 0.25) is 5.95 Å². The maximum absolute atomic E-state index is 12.6. The van der Waals surface area contributed by atoms with Gasteiger partial charge in [0.1, 0.15) is 0 Å². The highest BCUT2D eigenvalue weighted by Crippen LogP contribution is 2.24. The molecular formula is C21H19N7O2. The molecule has 9 heteroatoms. The molecule has 0 atom stereocenters. The van der Waals surface area contributed by atoms with Crippen molar-refractivity contribution in [2.75, 3.05) is 18.0 Å². The first-order valence-corrected chi connectivity index (χ1v) is 9.65. The molecule has 9 nitrogen and oxygen atoms in total. The van der Waals surface area contributed by atoms with Gasteiger partial charge < -0.3 is 4.90 Å². The molecule has 0 spiro atoms. The van der Waals surface area contributed by atoms with Crippen LogP contribution in [0.1, 0.15) is 0 Å². The van der Waals surface area contributed by atoms with E-state index in [1.54, 1.807) is 54.5 Å². The lowest BCUT2D eigenvalue weighted by molar-refractivity contribution is 0.329. The summed E-state index contributed by atoms with van der Waals surface area (Å²) >= 11 is 0. The monoisotopic (exact) mass is 401 g/mol. The van der Waals surface area contributed by atoms with Crippen LogP contribution in [0, 0.1) is 5.92 Å². The zero-order chi connectivity index (χ0) is 20.7. The van der Waals surface area contributed by atoms with Crippen LogP contribution in [-0.2, 0) is 13.6 Å². The molecule has 0 radical (unpaired) electrons. The van der Waals surface area contributed by atoms with Gasteiger partial charge in [-0.15, -0.1) is 0 Å². The average molecular weight is 401 g/mol. The molecule has 0 saturated carbocycles. The fourth-order valence-electron chi connectivity index (χ4n) is 3.73. The molecule has 1 fully saturated rings. The highest BCUT2D eigenvalue weighted by Gasteiger charge is 2.30. The number of fused-ring (bicyclic) bond motifs is 1. The topological polar surface area (TPSA) is 98.8 Å². The van der Waals surface area contributed by atoms with Crippen LogP contribution in [0.3, 0.4) is 0 Å². The Kier molecular flexibility index (Phi) is 4.35. The van der Waals surface area contributed by atoms with Crippen LogP contribution in [0.25, 0.3) is 22.3 Å². The van der Waals surface area contributed by atoms with Crippen LogP contribution in [0.2, 0.25) is 0 Å². The molecule has 0 N–H and O–H groups in total. The molecule has 1 saturated heterocycles. The third-order valence-corrected chi connectivity index (χ3v) is 5.34. The zero-order valence-corrected chi connectivity index (χ0v) is 16.3. The molecular weight excluding hydrogens is 382 g/mol. The number of nitrogens with zero attached hydrogens (tertiary/aromatic N) is 7. The maximum Gasteiger partial charge on any atom is 0.266 e. The van der Waals surface area contributed by atoms with Crippen LogP contribution in [0.4, 0.5) is 5.95 Å². The maximum atomic E-state index is 12.6. The number of pyridine rings is 2. The molecule has 0 aliphatic carbocycles. The summed E-state index contributed by atoms with van der Waals surface area (Å²) in [5.41, 5.74) is 1.85. The molecule has 1 aliphatic heterocycles. The fourth-order valence-corrected chi connectivity index (χ4v) is 3.73. The number of rotatable bonds is 4. The Hall–Kier alpha value is -3.88. The van der Waals surface area contributed by atoms with Gasteiger partial charge >= 0.3 is 0 Å².